The molecule has 31 heavy (non-hydrogen) atoms. The van der Waals surface area contributed by atoms with Crippen molar-refractivity contribution in [1.29, 1.82) is 0 Å². The molecule has 2 aromatic rings. The number of rotatable bonds is 6. The van der Waals surface area contributed by atoms with Gasteiger partial charge in [0.25, 0.3) is 5.91 Å². The number of carbonyl (C=O) groups is 2. The molecule has 168 valence electrons. The predicted octanol–water partition coefficient (Wildman–Crippen LogP) is 1.40. The molecule has 11 heteroatoms. The fourth-order valence-electron chi connectivity index (χ4n) is 3.30. The Bertz CT molecular complexity index is 1050. The van der Waals surface area contributed by atoms with E-state index in [0.29, 0.717) is 12.0 Å². The summed E-state index contributed by atoms with van der Waals surface area (Å²) < 4.78 is 31.7. The van der Waals surface area contributed by atoms with Gasteiger partial charge in [0.05, 0.1) is 11.8 Å². The Hall–Kier alpha value is -2.79. The van der Waals surface area contributed by atoms with Gasteiger partial charge in [-0.1, -0.05) is 17.3 Å². The Morgan fingerprint density at radius 1 is 1.19 bits per heavy atom. The third kappa shape index (κ3) is 5.10. The highest BCUT2D eigenvalue weighted by molar-refractivity contribution is 7.89. The lowest BCUT2D eigenvalue weighted by Gasteiger charge is -2.36. The van der Waals surface area contributed by atoms with Crippen LogP contribution < -0.4 is 5.32 Å². The fraction of sp³-hybridized carbons (Fsp3) is 0.500. The minimum atomic E-state index is -3.32. The van der Waals surface area contributed by atoms with Gasteiger partial charge in [0.2, 0.25) is 10.0 Å². The van der Waals surface area contributed by atoms with Gasteiger partial charge in [-0.2, -0.15) is 9.29 Å². The lowest BCUT2D eigenvalue weighted by Crippen LogP contribution is -2.47. The zero-order chi connectivity index (χ0) is 22.8. The molecule has 3 rings (SSSR count). The molecule has 1 aromatic heterocycles. The first-order valence-electron chi connectivity index (χ1n) is 10.0. The summed E-state index contributed by atoms with van der Waals surface area (Å²) in [6.07, 6.45) is 1.50. The average Bonchev–Trinajstić information content (AvgIpc) is 3.21. The van der Waals surface area contributed by atoms with Crippen LogP contribution in [0.25, 0.3) is 0 Å². The normalized spacial score (nSPS) is 20.9. The topological polar surface area (TPSA) is 126 Å². The van der Waals surface area contributed by atoms with E-state index in [2.05, 4.69) is 15.5 Å². The van der Waals surface area contributed by atoms with Crippen molar-refractivity contribution in [2.45, 2.75) is 51.1 Å². The molecule has 10 nitrogen and oxygen atoms in total. The molecule has 2 amide bonds. The van der Waals surface area contributed by atoms with Crippen LogP contribution in [0.1, 0.15) is 59.1 Å². The number of nitrogens with one attached hydrogen (secondary N) is 1. The van der Waals surface area contributed by atoms with Crippen LogP contribution in [0, 0.1) is 0 Å². The quantitative estimate of drug-likeness (QED) is 0.706. The van der Waals surface area contributed by atoms with E-state index in [-0.39, 0.29) is 42.0 Å². The van der Waals surface area contributed by atoms with Crippen LogP contribution in [-0.2, 0) is 23.1 Å². The van der Waals surface area contributed by atoms with Crippen LogP contribution in [0.5, 0.6) is 0 Å². The minimum absolute atomic E-state index is 0.00617. The summed E-state index contributed by atoms with van der Waals surface area (Å²) in [6.45, 7) is 3.94. The van der Waals surface area contributed by atoms with Gasteiger partial charge in [-0.3, -0.25) is 9.59 Å². The molecule has 0 saturated carbocycles. The van der Waals surface area contributed by atoms with Crippen molar-refractivity contribution in [2.75, 3.05) is 14.1 Å². The molecule has 0 bridgehead atoms. The average molecular weight is 450 g/mol. The number of aromatic nitrogens is 2. The molecule has 1 saturated heterocycles. The van der Waals surface area contributed by atoms with Gasteiger partial charge < -0.3 is 14.7 Å². The second-order valence-electron chi connectivity index (χ2n) is 7.92. The summed E-state index contributed by atoms with van der Waals surface area (Å²) in [4.78, 5) is 29.4. The van der Waals surface area contributed by atoms with E-state index in [4.69, 9.17) is 4.52 Å². The highest BCUT2D eigenvalue weighted by atomic mass is 32.2. The molecule has 0 aliphatic carbocycles. The summed E-state index contributed by atoms with van der Waals surface area (Å²) in [5, 5.41) is 5.97. The van der Waals surface area contributed by atoms with Crippen molar-refractivity contribution in [3.8, 4) is 0 Å². The Morgan fingerprint density at radius 3 is 2.52 bits per heavy atom. The smallest absolute Gasteiger partial charge is 0.316 e. The first kappa shape index (κ1) is 22.9. The van der Waals surface area contributed by atoms with Crippen molar-refractivity contribution in [3.05, 3.63) is 47.1 Å². The minimum Gasteiger partial charge on any atom is -0.345 e. The standard InChI is InChI=1S/C20H27N5O5S/c1-13-5-6-14(2)31(28,29)25(13)12-15-7-9-16(10-8-15)18(26)21-11-17-22-19(30-23-17)20(27)24(3)4/h7-10,13-14H,5-6,11-12H2,1-4H3,(H,21,26)/t13-,14?/m0/s1. The molecular weight excluding hydrogens is 422 g/mol. The van der Waals surface area contributed by atoms with E-state index in [1.54, 1.807) is 49.6 Å². The SMILES string of the molecule is CC1CC[C@H](C)N(Cc2ccc(C(=O)NCc3noc(C(=O)N(C)C)n3)cc2)S1(=O)=O. The Kier molecular flexibility index (Phi) is 6.75. The third-order valence-electron chi connectivity index (χ3n) is 5.34. The van der Waals surface area contributed by atoms with Gasteiger partial charge >= 0.3 is 11.8 Å². The Morgan fingerprint density at radius 2 is 1.87 bits per heavy atom. The summed E-state index contributed by atoms with van der Waals surface area (Å²) >= 11 is 0. The number of sulfonamides is 1. The number of carbonyl (C=O) groups excluding carboxylic acids is 2. The molecule has 1 aliphatic heterocycles. The second-order valence-corrected chi connectivity index (χ2v) is 10.2. The predicted molar refractivity (Wildman–Crippen MR) is 113 cm³/mol. The van der Waals surface area contributed by atoms with E-state index in [9.17, 15) is 18.0 Å². The van der Waals surface area contributed by atoms with E-state index in [1.165, 1.54) is 4.90 Å². The van der Waals surface area contributed by atoms with Crippen LogP contribution >= 0.6 is 0 Å². The van der Waals surface area contributed by atoms with Crippen molar-refractivity contribution in [3.63, 3.8) is 0 Å². The number of nitrogens with zero attached hydrogens (tertiary/aromatic N) is 4. The largest absolute Gasteiger partial charge is 0.345 e. The van der Waals surface area contributed by atoms with E-state index < -0.39 is 15.9 Å². The van der Waals surface area contributed by atoms with E-state index in [1.807, 2.05) is 6.92 Å². The molecule has 1 fully saturated rings. The van der Waals surface area contributed by atoms with Crippen molar-refractivity contribution in [1.82, 2.24) is 24.7 Å². The summed E-state index contributed by atoms with van der Waals surface area (Å²) in [5.74, 6) is -0.715. The summed E-state index contributed by atoms with van der Waals surface area (Å²) in [7, 11) is -0.183. The number of amides is 2. The van der Waals surface area contributed by atoms with Crippen molar-refractivity contribution >= 4 is 21.8 Å². The maximum atomic E-state index is 12.6. The first-order chi connectivity index (χ1) is 14.6. The van der Waals surface area contributed by atoms with Gasteiger partial charge in [-0.25, -0.2) is 8.42 Å². The molecule has 1 unspecified atom stereocenters. The third-order valence-corrected chi connectivity index (χ3v) is 7.73. The van der Waals surface area contributed by atoms with Crippen LogP contribution in [0.2, 0.25) is 0 Å². The molecule has 1 aliphatic rings. The van der Waals surface area contributed by atoms with Gasteiger partial charge in [0.1, 0.15) is 0 Å². The molecule has 1 N–H and O–H groups in total. The molecule has 0 spiro atoms. The highest BCUT2D eigenvalue weighted by Gasteiger charge is 2.36. The number of hydrogen-bond donors (Lipinski definition) is 1. The molecular formula is C20H27N5O5S. The van der Waals surface area contributed by atoms with E-state index in [0.717, 1.165) is 12.0 Å². The first-order valence-corrected chi connectivity index (χ1v) is 11.5. The van der Waals surface area contributed by atoms with Crippen LogP contribution in [-0.4, -0.2) is 65.0 Å². The second kappa shape index (κ2) is 9.15. The lowest BCUT2D eigenvalue weighted by atomic mass is 10.1. The number of hydrogen-bond acceptors (Lipinski definition) is 7. The Labute approximate surface area is 181 Å². The van der Waals surface area contributed by atoms with Crippen LogP contribution in [0.3, 0.4) is 0 Å². The zero-order valence-electron chi connectivity index (χ0n) is 18.0. The maximum Gasteiger partial charge on any atom is 0.316 e. The fourth-order valence-corrected chi connectivity index (χ4v) is 5.14. The molecule has 2 heterocycles. The van der Waals surface area contributed by atoms with Crippen LogP contribution in [0.15, 0.2) is 28.8 Å². The summed E-state index contributed by atoms with van der Waals surface area (Å²) in [5.41, 5.74) is 1.23. The molecule has 1 aromatic carbocycles. The van der Waals surface area contributed by atoms with E-state index >= 15 is 0 Å². The maximum absolute atomic E-state index is 12.6. The van der Waals surface area contributed by atoms with Crippen LogP contribution in [0.4, 0.5) is 0 Å². The number of benzene rings is 1. The Balaban J connectivity index is 1.60. The lowest BCUT2D eigenvalue weighted by molar-refractivity contribution is 0.0778. The monoisotopic (exact) mass is 449 g/mol. The van der Waals surface area contributed by atoms with Gasteiger partial charge in [0, 0.05) is 32.2 Å². The van der Waals surface area contributed by atoms with Crippen molar-refractivity contribution in [2.24, 2.45) is 0 Å². The van der Waals surface area contributed by atoms with Gasteiger partial charge in [-0.05, 0) is 44.4 Å². The molecule has 2 atom stereocenters. The molecule has 0 radical (unpaired) electrons. The van der Waals surface area contributed by atoms with Crippen molar-refractivity contribution < 1.29 is 22.5 Å². The van der Waals surface area contributed by atoms with Gasteiger partial charge in [0.15, 0.2) is 5.82 Å². The highest BCUT2D eigenvalue weighted by Crippen LogP contribution is 2.27. The summed E-state index contributed by atoms with van der Waals surface area (Å²) in [6, 6.07) is 6.74. The van der Waals surface area contributed by atoms with Gasteiger partial charge in [-0.15, -0.1) is 0 Å². The zero-order valence-corrected chi connectivity index (χ0v) is 18.8.